The molecule has 3 aromatic rings. The molecule has 0 bridgehead atoms. The molecule has 1 N–H and O–H groups in total. The van der Waals surface area contributed by atoms with Crippen LogP contribution in [0.25, 0.3) is 5.69 Å². The summed E-state index contributed by atoms with van der Waals surface area (Å²) in [6.45, 7) is 0. The highest BCUT2D eigenvalue weighted by molar-refractivity contribution is 7.12. The molecule has 2 heterocycles. The minimum absolute atomic E-state index is 0.232. The average Bonchev–Trinajstić information content (AvgIpc) is 3.18. The highest BCUT2D eigenvalue weighted by Gasteiger charge is 2.15. The van der Waals surface area contributed by atoms with E-state index in [1.807, 2.05) is 5.38 Å². The summed E-state index contributed by atoms with van der Waals surface area (Å²) in [5, 5.41) is 15.6. The highest BCUT2D eigenvalue weighted by atomic mass is 32.1. The molecule has 2 aromatic heterocycles. The second-order valence-electron chi connectivity index (χ2n) is 4.07. The number of nitrogens with one attached hydrogen (secondary N) is 1. The van der Waals surface area contributed by atoms with Crippen molar-refractivity contribution in [2.75, 3.05) is 5.32 Å². The fraction of sp³-hybridized carbons (Fsp3) is 0. The van der Waals surface area contributed by atoms with E-state index >= 15 is 0 Å². The van der Waals surface area contributed by atoms with Crippen LogP contribution in [-0.2, 0) is 0 Å². The molecule has 0 aliphatic heterocycles. The maximum absolute atomic E-state index is 12.4. The van der Waals surface area contributed by atoms with E-state index in [9.17, 15) is 4.79 Å². The van der Waals surface area contributed by atoms with Gasteiger partial charge in [-0.3, -0.25) is 4.79 Å². The molecule has 0 aliphatic rings. The van der Waals surface area contributed by atoms with Gasteiger partial charge in [0, 0.05) is 11.3 Å². The molecule has 0 unspecified atom stereocenters. The summed E-state index contributed by atoms with van der Waals surface area (Å²) in [7, 11) is 0. The van der Waals surface area contributed by atoms with E-state index in [4.69, 9.17) is 6.42 Å². The summed E-state index contributed by atoms with van der Waals surface area (Å²) < 4.78 is 1.45. The second kappa shape index (κ2) is 5.56. The Balaban J connectivity index is 1.87. The van der Waals surface area contributed by atoms with Crippen molar-refractivity contribution >= 4 is 22.9 Å². The largest absolute Gasteiger partial charge is 0.321 e. The van der Waals surface area contributed by atoms with Gasteiger partial charge in [-0.15, -0.1) is 22.9 Å². The number of aromatic nitrogens is 4. The van der Waals surface area contributed by atoms with Crippen LogP contribution in [0.4, 0.5) is 5.69 Å². The smallest absolute Gasteiger partial charge is 0.267 e. The van der Waals surface area contributed by atoms with Crippen molar-refractivity contribution in [2.45, 2.75) is 0 Å². The molecule has 102 valence electrons. The second-order valence-corrected chi connectivity index (χ2v) is 4.98. The highest BCUT2D eigenvalue weighted by Crippen LogP contribution is 2.21. The molecule has 1 aromatic carbocycles. The predicted octanol–water partition coefficient (Wildman–Crippen LogP) is 1.96. The molecule has 7 heteroatoms. The lowest BCUT2D eigenvalue weighted by atomic mass is 10.2. The quantitative estimate of drug-likeness (QED) is 0.750. The van der Waals surface area contributed by atoms with E-state index in [0.29, 0.717) is 21.8 Å². The van der Waals surface area contributed by atoms with Crippen LogP contribution in [0.1, 0.15) is 15.2 Å². The molecule has 0 aliphatic carbocycles. The molecule has 21 heavy (non-hydrogen) atoms. The van der Waals surface area contributed by atoms with Gasteiger partial charge in [0.25, 0.3) is 5.91 Å². The molecule has 0 saturated carbocycles. The number of thiophene rings is 1. The third-order valence-corrected chi connectivity index (χ3v) is 3.64. The van der Waals surface area contributed by atoms with Crippen LogP contribution in [0.2, 0.25) is 0 Å². The first-order valence-electron chi connectivity index (χ1n) is 5.97. The van der Waals surface area contributed by atoms with Gasteiger partial charge < -0.3 is 5.32 Å². The number of nitrogens with zero attached hydrogens (tertiary/aromatic N) is 4. The van der Waals surface area contributed by atoms with Crippen molar-refractivity contribution in [2.24, 2.45) is 0 Å². The first-order valence-corrected chi connectivity index (χ1v) is 6.85. The van der Waals surface area contributed by atoms with E-state index in [2.05, 4.69) is 26.8 Å². The summed E-state index contributed by atoms with van der Waals surface area (Å²) in [6.07, 6.45) is 6.79. The Kier molecular flexibility index (Phi) is 3.45. The van der Waals surface area contributed by atoms with E-state index in [-0.39, 0.29) is 5.91 Å². The van der Waals surface area contributed by atoms with Crippen LogP contribution in [-0.4, -0.2) is 26.1 Å². The number of hydrogen-bond donors (Lipinski definition) is 1. The summed E-state index contributed by atoms with van der Waals surface area (Å²) in [5.74, 6) is 2.30. The van der Waals surface area contributed by atoms with Gasteiger partial charge >= 0.3 is 0 Å². The molecule has 0 radical (unpaired) electrons. The predicted molar refractivity (Wildman–Crippen MR) is 79.4 cm³/mol. The maximum Gasteiger partial charge on any atom is 0.267 e. The van der Waals surface area contributed by atoms with Crippen molar-refractivity contribution in [3.8, 4) is 18.0 Å². The van der Waals surface area contributed by atoms with Crippen LogP contribution in [0, 0.1) is 12.3 Å². The SMILES string of the molecule is C#Cc1cccc(NC(=O)c2sccc2-n2cnnn2)c1. The topological polar surface area (TPSA) is 72.7 Å². The Morgan fingerprint density at radius 2 is 2.29 bits per heavy atom. The third kappa shape index (κ3) is 2.66. The minimum Gasteiger partial charge on any atom is -0.321 e. The molecular formula is C14H9N5OS. The van der Waals surface area contributed by atoms with Crippen LogP contribution in [0.15, 0.2) is 42.0 Å². The molecular weight excluding hydrogens is 286 g/mol. The zero-order chi connectivity index (χ0) is 14.7. The van der Waals surface area contributed by atoms with Crippen molar-refractivity contribution in [1.29, 1.82) is 0 Å². The molecule has 3 rings (SSSR count). The minimum atomic E-state index is -0.232. The number of carbonyl (C=O) groups excluding carboxylic acids is 1. The number of hydrogen-bond acceptors (Lipinski definition) is 5. The zero-order valence-corrected chi connectivity index (χ0v) is 11.5. The van der Waals surface area contributed by atoms with E-state index in [1.165, 1.54) is 22.3 Å². The summed E-state index contributed by atoms with van der Waals surface area (Å²) >= 11 is 1.32. The van der Waals surface area contributed by atoms with Gasteiger partial charge in [0.15, 0.2) is 0 Å². The first-order chi connectivity index (χ1) is 10.3. The fourth-order valence-corrected chi connectivity index (χ4v) is 2.57. The van der Waals surface area contributed by atoms with Gasteiger partial charge in [0.1, 0.15) is 11.2 Å². The first kappa shape index (κ1) is 13.0. The van der Waals surface area contributed by atoms with Crippen LogP contribution >= 0.6 is 11.3 Å². The van der Waals surface area contributed by atoms with Gasteiger partial charge in [-0.1, -0.05) is 12.0 Å². The maximum atomic E-state index is 12.4. The van der Waals surface area contributed by atoms with Gasteiger partial charge in [-0.25, -0.2) is 0 Å². The van der Waals surface area contributed by atoms with E-state index in [1.54, 1.807) is 30.3 Å². The van der Waals surface area contributed by atoms with Gasteiger partial charge in [-0.2, -0.15) is 4.68 Å². The molecule has 0 spiro atoms. The summed E-state index contributed by atoms with van der Waals surface area (Å²) in [5.41, 5.74) is 1.99. The monoisotopic (exact) mass is 295 g/mol. The Labute approximate surface area is 124 Å². The third-order valence-electron chi connectivity index (χ3n) is 2.73. The molecule has 1 amide bonds. The van der Waals surface area contributed by atoms with Crippen LogP contribution in [0.5, 0.6) is 0 Å². The fourth-order valence-electron chi connectivity index (χ4n) is 1.80. The Morgan fingerprint density at radius 1 is 1.38 bits per heavy atom. The number of terminal acetylenes is 1. The van der Waals surface area contributed by atoms with Crippen LogP contribution in [0.3, 0.4) is 0 Å². The summed E-state index contributed by atoms with van der Waals surface area (Å²) in [6, 6.07) is 8.90. The molecule has 0 atom stereocenters. The van der Waals surface area contributed by atoms with Crippen molar-refractivity contribution < 1.29 is 4.79 Å². The van der Waals surface area contributed by atoms with Crippen LogP contribution < -0.4 is 5.32 Å². The standard InChI is InChI=1S/C14H9N5OS/c1-2-10-4-3-5-11(8-10)16-14(20)13-12(6-7-21-13)19-9-15-17-18-19/h1,3-9H,(H,16,20). The summed E-state index contributed by atoms with van der Waals surface area (Å²) in [4.78, 5) is 12.9. The number of tetrazole rings is 1. The van der Waals surface area contributed by atoms with E-state index in [0.717, 1.165) is 0 Å². The van der Waals surface area contributed by atoms with E-state index < -0.39 is 0 Å². The van der Waals surface area contributed by atoms with Crippen molar-refractivity contribution in [3.05, 3.63) is 52.5 Å². The van der Waals surface area contributed by atoms with Crippen molar-refractivity contribution in [3.63, 3.8) is 0 Å². The molecule has 6 nitrogen and oxygen atoms in total. The Morgan fingerprint density at radius 3 is 3.05 bits per heavy atom. The Bertz CT molecular complexity index is 816. The number of carbonyl (C=O) groups is 1. The average molecular weight is 295 g/mol. The number of benzene rings is 1. The van der Waals surface area contributed by atoms with Gasteiger partial charge in [0.2, 0.25) is 0 Å². The van der Waals surface area contributed by atoms with Gasteiger partial charge in [-0.05, 0) is 40.1 Å². The normalized spacial score (nSPS) is 10.0. The lowest BCUT2D eigenvalue weighted by molar-refractivity contribution is 0.103. The number of rotatable bonds is 3. The zero-order valence-electron chi connectivity index (χ0n) is 10.7. The Hall–Kier alpha value is -2.98. The lowest BCUT2D eigenvalue weighted by Crippen LogP contribution is -2.13. The number of amides is 1. The van der Waals surface area contributed by atoms with Crippen molar-refractivity contribution in [1.82, 2.24) is 20.2 Å². The lowest BCUT2D eigenvalue weighted by Gasteiger charge is -2.06. The molecule has 0 fully saturated rings. The van der Waals surface area contributed by atoms with Gasteiger partial charge in [0.05, 0.1) is 5.69 Å². The number of anilines is 1. The molecule has 0 saturated heterocycles.